The number of hydrogen-bond donors (Lipinski definition) is 0. The summed E-state index contributed by atoms with van der Waals surface area (Å²) < 4.78 is 29.5. The number of allylic oxidation sites excluding steroid dienone is 1. The molecular formula is C32H36N2O8S. The van der Waals surface area contributed by atoms with E-state index in [1.54, 1.807) is 45.2 Å². The standard InChI is InChI=1S/C32H36N2O8S/c1-8-40-31(37)28-19(4)33-32-34(29(28)22-10-12-24(42-20(5)35)26(17-22)39-7)30(36)27(43-32)16-21-9-11-23(25(15-21)38-6)41-14-13-18(2)3/h9-12,15-18,29H,8,13-14H2,1-7H3/b27-16-. The van der Waals surface area contributed by atoms with Gasteiger partial charge in [0.25, 0.3) is 5.56 Å². The number of rotatable bonds is 11. The third-order valence-corrected chi connectivity index (χ3v) is 7.70. The fourth-order valence-corrected chi connectivity index (χ4v) is 5.70. The molecule has 4 rings (SSSR count). The molecule has 0 aliphatic carbocycles. The lowest BCUT2D eigenvalue weighted by Crippen LogP contribution is -2.40. The molecule has 0 amide bonds. The lowest BCUT2D eigenvalue weighted by Gasteiger charge is -2.25. The zero-order valence-corrected chi connectivity index (χ0v) is 26.2. The normalized spacial score (nSPS) is 14.7. The Hall–Kier alpha value is -4.38. The van der Waals surface area contributed by atoms with Crippen molar-refractivity contribution in [3.63, 3.8) is 0 Å². The Morgan fingerprint density at radius 1 is 1.05 bits per heavy atom. The molecule has 43 heavy (non-hydrogen) atoms. The molecule has 0 spiro atoms. The molecule has 0 saturated heterocycles. The van der Waals surface area contributed by atoms with Gasteiger partial charge in [-0.05, 0) is 67.7 Å². The van der Waals surface area contributed by atoms with Crippen LogP contribution in [-0.4, -0.2) is 43.9 Å². The second-order valence-electron chi connectivity index (χ2n) is 10.2. The largest absolute Gasteiger partial charge is 0.493 e. The fourth-order valence-electron chi connectivity index (χ4n) is 4.65. The summed E-state index contributed by atoms with van der Waals surface area (Å²) in [5, 5.41) is 0. The zero-order valence-electron chi connectivity index (χ0n) is 25.4. The maximum atomic E-state index is 14.0. The predicted molar refractivity (Wildman–Crippen MR) is 163 cm³/mol. The quantitative estimate of drug-likeness (QED) is 0.236. The van der Waals surface area contributed by atoms with Gasteiger partial charge in [0, 0.05) is 6.92 Å². The first kappa shape index (κ1) is 31.6. The number of esters is 2. The van der Waals surface area contributed by atoms with Crippen LogP contribution in [0.1, 0.15) is 58.2 Å². The minimum atomic E-state index is -0.857. The number of fused-ring (bicyclic) bond motifs is 1. The summed E-state index contributed by atoms with van der Waals surface area (Å²) in [5.74, 6) is 1.11. The Morgan fingerprint density at radius 2 is 1.74 bits per heavy atom. The van der Waals surface area contributed by atoms with Gasteiger partial charge in [0.1, 0.15) is 0 Å². The van der Waals surface area contributed by atoms with Crippen LogP contribution in [0.2, 0.25) is 0 Å². The molecule has 1 aromatic heterocycles. The summed E-state index contributed by atoms with van der Waals surface area (Å²) in [7, 11) is 3.02. The van der Waals surface area contributed by atoms with Crippen LogP contribution in [0, 0.1) is 5.92 Å². The van der Waals surface area contributed by atoms with Gasteiger partial charge in [0.05, 0.1) is 49.3 Å². The van der Waals surface area contributed by atoms with E-state index in [0.29, 0.717) is 44.6 Å². The minimum Gasteiger partial charge on any atom is -0.493 e. The van der Waals surface area contributed by atoms with Crippen molar-refractivity contribution in [3.8, 4) is 23.0 Å². The Balaban J connectivity index is 1.84. The van der Waals surface area contributed by atoms with Gasteiger partial charge in [-0.25, -0.2) is 9.79 Å². The van der Waals surface area contributed by atoms with Crippen LogP contribution in [-0.2, 0) is 14.3 Å². The Kier molecular flexibility index (Phi) is 10.1. The first-order valence-corrected chi connectivity index (χ1v) is 14.8. The summed E-state index contributed by atoms with van der Waals surface area (Å²) in [6.07, 6.45) is 2.67. The maximum absolute atomic E-state index is 14.0. The van der Waals surface area contributed by atoms with Crippen molar-refractivity contribution in [2.24, 2.45) is 10.9 Å². The average Bonchev–Trinajstić information content (AvgIpc) is 3.26. The van der Waals surface area contributed by atoms with E-state index in [0.717, 1.165) is 12.0 Å². The van der Waals surface area contributed by atoms with Gasteiger partial charge >= 0.3 is 11.9 Å². The fraction of sp³-hybridized carbons (Fsp3) is 0.375. The van der Waals surface area contributed by atoms with Gasteiger partial charge < -0.3 is 23.7 Å². The molecule has 3 aromatic rings. The summed E-state index contributed by atoms with van der Waals surface area (Å²) in [5.41, 5.74) is 1.63. The van der Waals surface area contributed by atoms with Gasteiger partial charge in [-0.1, -0.05) is 37.3 Å². The number of ether oxygens (including phenoxy) is 5. The van der Waals surface area contributed by atoms with Gasteiger partial charge in [-0.3, -0.25) is 14.2 Å². The minimum absolute atomic E-state index is 0.153. The van der Waals surface area contributed by atoms with Gasteiger partial charge in [0.15, 0.2) is 27.8 Å². The first-order chi connectivity index (χ1) is 20.6. The van der Waals surface area contributed by atoms with E-state index in [9.17, 15) is 14.4 Å². The van der Waals surface area contributed by atoms with Crippen molar-refractivity contribution in [1.82, 2.24) is 4.57 Å². The van der Waals surface area contributed by atoms with Crippen LogP contribution in [0.5, 0.6) is 23.0 Å². The average molecular weight is 609 g/mol. The Morgan fingerprint density at radius 3 is 2.40 bits per heavy atom. The third-order valence-electron chi connectivity index (χ3n) is 6.71. The number of thiazole rings is 1. The number of carbonyl (C=O) groups is 2. The van der Waals surface area contributed by atoms with Crippen LogP contribution >= 0.6 is 11.3 Å². The number of aromatic nitrogens is 1. The molecule has 11 heteroatoms. The van der Waals surface area contributed by atoms with Crippen molar-refractivity contribution in [1.29, 1.82) is 0 Å². The Bertz CT molecular complexity index is 1730. The van der Waals surface area contributed by atoms with Gasteiger partial charge in [0.2, 0.25) is 0 Å². The van der Waals surface area contributed by atoms with Crippen LogP contribution < -0.4 is 33.8 Å². The molecule has 2 heterocycles. The summed E-state index contributed by atoms with van der Waals surface area (Å²) in [4.78, 5) is 43.8. The highest BCUT2D eigenvalue weighted by Crippen LogP contribution is 2.36. The van der Waals surface area contributed by atoms with Crippen LogP contribution in [0.25, 0.3) is 6.08 Å². The number of benzene rings is 2. The topological polar surface area (TPSA) is 115 Å². The Labute approximate surface area is 253 Å². The van der Waals surface area contributed by atoms with Crippen LogP contribution in [0.3, 0.4) is 0 Å². The molecule has 1 aliphatic heterocycles. The third kappa shape index (κ3) is 6.99. The van der Waals surface area contributed by atoms with Crippen LogP contribution in [0.4, 0.5) is 0 Å². The molecule has 0 fully saturated rings. The van der Waals surface area contributed by atoms with E-state index >= 15 is 0 Å². The zero-order chi connectivity index (χ0) is 31.3. The molecule has 0 radical (unpaired) electrons. The molecule has 1 atom stereocenters. The highest BCUT2D eigenvalue weighted by molar-refractivity contribution is 7.07. The lowest BCUT2D eigenvalue weighted by molar-refractivity contribution is -0.139. The lowest BCUT2D eigenvalue weighted by atomic mass is 9.95. The molecule has 0 bridgehead atoms. The van der Waals surface area contributed by atoms with E-state index in [1.165, 1.54) is 29.9 Å². The number of nitrogens with zero attached hydrogens (tertiary/aromatic N) is 2. The van der Waals surface area contributed by atoms with Crippen molar-refractivity contribution in [3.05, 3.63) is 78.5 Å². The number of hydrogen-bond acceptors (Lipinski definition) is 10. The van der Waals surface area contributed by atoms with E-state index < -0.39 is 18.0 Å². The molecule has 0 saturated carbocycles. The van der Waals surface area contributed by atoms with Gasteiger partial charge in [-0.2, -0.15) is 0 Å². The second kappa shape index (κ2) is 13.7. The summed E-state index contributed by atoms with van der Waals surface area (Å²) in [6, 6.07) is 9.53. The van der Waals surface area contributed by atoms with Gasteiger partial charge in [-0.15, -0.1) is 0 Å². The van der Waals surface area contributed by atoms with E-state index in [4.69, 9.17) is 23.7 Å². The molecule has 0 N–H and O–H groups in total. The van der Waals surface area contributed by atoms with Crippen LogP contribution in [0.15, 0.2) is 57.5 Å². The second-order valence-corrected chi connectivity index (χ2v) is 11.3. The monoisotopic (exact) mass is 608 g/mol. The van der Waals surface area contributed by atoms with Crippen molar-refractivity contribution in [2.75, 3.05) is 27.4 Å². The predicted octanol–water partition coefficient (Wildman–Crippen LogP) is 4.17. The molecule has 10 nitrogen and oxygen atoms in total. The number of methoxy groups -OCH3 is 2. The van der Waals surface area contributed by atoms with Crippen molar-refractivity contribution < 1.29 is 33.3 Å². The summed E-state index contributed by atoms with van der Waals surface area (Å²) in [6.45, 7) is 9.71. The smallest absolute Gasteiger partial charge is 0.338 e. The van der Waals surface area contributed by atoms with E-state index in [-0.39, 0.29) is 29.2 Å². The van der Waals surface area contributed by atoms with E-state index in [2.05, 4.69) is 18.8 Å². The number of carbonyl (C=O) groups excluding carboxylic acids is 2. The maximum Gasteiger partial charge on any atom is 0.338 e. The molecule has 1 unspecified atom stereocenters. The van der Waals surface area contributed by atoms with Crippen molar-refractivity contribution in [2.45, 2.75) is 47.1 Å². The SMILES string of the molecule is CCOC(=O)C1=C(C)N=c2s/c(=C\c3ccc(OCCC(C)C)c(OC)c3)c(=O)n2C1c1ccc(OC(C)=O)c(OC)c1. The van der Waals surface area contributed by atoms with E-state index in [1.807, 2.05) is 18.2 Å². The summed E-state index contributed by atoms with van der Waals surface area (Å²) >= 11 is 1.21. The molecular weight excluding hydrogens is 572 g/mol. The first-order valence-electron chi connectivity index (χ1n) is 13.9. The van der Waals surface area contributed by atoms with Crippen molar-refractivity contribution >= 4 is 29.4 Å². The molecule has 1 aliphatic rings. The highest BCUT2D eigenvalue weighted by Gasteiger charge is 2.34. The molecule has 2 aromatic carbocycles. The highest BCUT2D eigenvalue weighted by atomic mass is 32.1. The molecule has 228 valence electrons.